The molecule has 2 aromatic carbocycles. The number of amides is 2. The molecule has 3 rings (SSSR count). The number of thiophene rings is 1. The maximum Gasteiger partial charge on any atom is 0.341 e. The lowest BCUT2D eigenvalue weighted by molar-refractivity contribution is 0.0601. The molecular formula is C23H22N2O5S. The second-order valence-corrected chi connectivity index (χ2v) is 7.73. The van der Waals surface area contributed by atoms with E-state index in [1.165, 1.54) is 14.2 Å². The number of ether oxygens (including phenoxy) is 2. The fourth-order valence-electron chi connectivity index (χ4n) is 3.00. The maximum absolute atomic E-state index is 12.9. The summed E-state index contributed by atoms with van der Waals surface area (Å²) in [6.07, 6.45) is 0. The Kier molecular flexibility index (Phi) is 6.71. The summed E-state index contributed by atoms with van der Waals surface area (Å²) in [6.45, 7) is 3.53. The Morgan fingerprint density at radius 1 is 0.903 bits per heavy atom. The Bertz CT molecular complexity index is 1150. The molecule has 0 spiro atoms. The third-order valence-corrected chi connectivity index (χ3v) is 5.90. The Morgan fingerprint density at radius 2 is 1.65 bits per heavy atom. The highest BCUT2D eigenvalue weighted by Crippen LogP contribution is 2.35. The minimum atomic E-state index is -0.635. The minimum Gasteiger partial charge on any atom is -0.497 e. The number of benzene rings is 2. The number of esters is 1. The van der Waals surface area contributed by atoms with E-state index in [-0.39, 0.29) is 16.5 Å². The van der Waals surface area contributed by atoms with Gasteiger partial charge in [0, 0.05) is 11.3 Å². The average molecular weight is 439 g/mol. The van der Waals surface area contributed by atoms with Crippen LogP contribution in [0.1, 0.15) is 41.5 Å². The first-order valence-electron chi connectivity index (χ1n) is 9.39. The van der Waals surface area contributed by atoms with E-state index in [1.54, 1.807) is 37.3 Å². The molecule has 0 saturated heterocycles. The van der Waals surface area contributed by atoms with E-state index in [1.807, 2.05) is 25.1 Å². The van der Waals surface area contributed by atoms with Crippen molar-refractivity contribution in [3.05, 3.63) is 75.7 Å². The largest absolute Gasteiger partial charge is 0.497 e. The van der Waals surface area contributed by atoms with Crippen LogP contribution in [0.25, 0.3) is 0 Å². The number of hydrogen-bond acceptors (Lipinski definition) is 6. The highest BCUT2D eigenvalue weighted by atomic mass is 32.1. The fraction of sp³-hybridized carbons (Fsp3) is 0.174. The zero-order valence-corrected chi connectivity index (χ0v) is 18.4. The van der Waals surface area contributed by atoms with Crippen molar-refractivity contribution in [3.8, 4) is 5.75 Å². The number of rotatable bonds is 6. The molecule has 0 aliphatic heterocycles. The first-order valence-corrected chi connectivity index (χ1v) is 10.2. The van der Waals surface area contributed by atoms with Gasteiger partial charge in [-0.25, -0.2) is 4.79 Å². The van der Waals surface area contributed by atoms with Crippen molar-refractivity contribution in [2.24, 2.45) is 0 Å². The second kappa shape index (κ2) is 9.44. The number of methoxy groups -OCH3 is 2. The molecule has 160 valence electrons. The van der Waals surface area contributed by atoms with E-state index < -0.39 is 11.9 Å². The van der Waals surface area contributed by atoms with Gasteiger partial charge in [0.05, 0.1) is 24.7 Å². The monoisotopic (exact) mass is 438 g/mol. The van der Waals surface area contributed by atoms with Crippen LogP contribution in [0, 0.1) is 13.8 Å². The normalized spacial score (nSPS) is 10.3. The molecule has 31 heavy (non-hydrogen) atoms. The SMILES string of the molecule is COC(=O)c1c(NC(=O)c2cccc(OC)c2)sc(C(=O)Nc2ccccc2C)c1C. The molecule has 0 unspecified atom stereocenters. The third kappa shape index (κ3) is 4.75. The van der Waals surface area contributed by atoms with Crippen molar-refractivity contribution >= 4 is 39.8 Å². The van der Waals surface area contributed by atoms with Crippen LogP contribution in [0.4, 0.5) is 10.7 Å². The predicted molar refractivity (Wildman–Crippen MR) is 120 cm³/mol. The molecule has 0 radical (unpaired) electrons. The lowest BCUT2D eigenvalue weighted by Crippen LogP contribution is -2.14. The highest BCUT2D eigenvalue weighted by molar-refractivity contribution is 7.19. The van der Waals surface area contributed by atoms with Gasteiger partial charge in [0.1, 0.15) is 10.8 Å². The number of anilines is 2. The predicted octanol–water partition coefficient (Wildman–Crippen LogP) is 4.66. The Morgan fingerprint density at radius 3 is 2.32 bits per heavy atom. The van der Waals surface area contributed by atoms with Crippen molar-refractivity contribution in [2.45, 2.75) is 13.8 Å². The summed E-state index contributed by atoms with van der Waals surface area (Å²) in [7, 11) is 2.76. The zero-order valence-electron chi connectivity index (χ0n) is 17.6. The van der Waals surface area contributed by atoms with Crippen molar-refractivity contribution in [3.63, 3.8) is 0 Å². The molecule has 8 heteroatoms. The van der Waals surface area contributed by atoms with Gasteiger partial charge >= 0.3 is 5.97 Å². The first-order chi connectivity index (χ1) is 14.8. The maximum atomic E-state index is 12.9. The zero-order chi connectivity index (χ0) is 22.5. The number of nitrogens with one attached hydrogen (secondary N) is 2. The van der Waals surface area contributed by atoms with Gasteiger partial charge in [-0.2, -0.15) is 0 Å². The number of aryl methyl sites for hydroxylation is 1. The molecule has 0 saturated carbocycles. The summed E-state index contributed by atoms with van der Waals surface area (Å²) in [5.74, 6) is -0.911. The molecule has 1 heterocycles. The van der Waals surface area contributed by atoms with Crippen LogP contribution >= 0.6 is 11.3 Å². The van der Waals surface area contributed by atoms with E-state index in [0.29, 0.717) is 27.4 Å². The Labute approximate surface area is 184 Å². The summed E-state index contributed by atoms with van der Waals surface area (Å²) in [4.78, 5) is 38.4. The number of carbonyl (C=O) groups is 3. The van der Waals surface area contributed by atoms with E-state index in [4.69, 9.17) is 9.47 Å². The molecule has 3 aromatic rings. The molecule has 7 nitrogen and oxygen atoms in total. The number of para-hydroxylation sites is 1. The third-order valence-electron chi connectivity index (χ3n) is 4.69. The summed E-state index contributed by atoms with van der Waals surface area (Å²) >= 11 is 1.02. The van der Waals surface area contributed by atoms with Crippen LogP contribution in [-0.2, 0) is 4.74 Å². The topological polar surface area (TPSA) is 93.7 Å². The van der Waals surface area contributed by atoms with Gasteiger partial charge in [0.25, 0.3) is 11.8 Å². The van der Waals surface area contributed by atoms with Crippen molar-refractivity contribution in [2.75, 3.05) is 24.9 Å². The van der Waals surface area contributed by atoms with Crippen molar-refractivity contribution in [1.82, 2.24) is 0 Å². The summed E-state index contributed by atoms with van der Waals surface area (Å²) < 4.78 is 10.0. The fourth-order valence-corrected chi connectivity index (χ4v) is 4.08. The number of carbonyl (C=O) groups excluding carboxylic acids is 3. The van der Waals surface area contributed by atoms with Crippen LogP contribution in [0.15, 0.2) is 48.5 Å². The Balaban J connectivity index is 1.94. The van der Waals surface area contributed by atoms with Crippen LogP contribution in [0.2, 0.25) is 0 Å². The molecular weight excluding hydrogens is 416 g/mol. The van der Waals surface area contributed by atoms with Gasteiger partial charge in [-0.15, -0.1) is 11.3 Å². The lowest BCUT2D eigenvalue weighted by atomic mass is 10.1. The summed E-state index contributed by atoms with van der Waals surface area (Å²) in [5.41, 5.74) is 2.52. The molecule has 0 aliphatic rings. The van der Waals surface area contributed by atoms with Crippen LogP contribution in [0.3, 0.4) is 0 Å². The van der Waals surface area contributed by atoms with Gasteiger partial charge in [-0.3, -0.25) is 9.59 Å². The highest BCUT2D eigenvalue weighted by Gasteiger charge is 2.27. The summed E-state index contributed by atoms with van der Waals surface area (Å²) in [5, 5.41) is 5.83. The molecule has 0 aliphatic carbocycles. The van der Waals surface area contributed by atoms with Gasteiger partial charge in [0.15, 0.2) is 0 Å². The van der Waals surface area contributed by atoms with Gasteiger partial charge in [0.2, 0.25) is 0 Å². The minimum absolute atomic E-state index is 0.152. The first kappa shape index (κ1) is 22.0. The van der Waals surface area contributed by atoms with Gasteiger partial charge in [-0.05, 0) is 49.2 Å². The molecule has 2 N–H and O–H groups in total. The van der Waals surface area contributed by atoms with Crippen LogP contribution < -0.4 is 15.4 Å². The Hall–Kier alpha value is -3.65. The quantitative estimate of drug-likeness (QED) is 0.546. The standard InChI is InChI=1S/C23H22N2O5S/c1-13-8-5-6-11-17(13)24-21(27)19-14(2)18(23(28)30-4)22(31-19)25-20(26)15-9-7-10-16(12-15)29-3/h5-12H,1-4H3,(H,24,27)(H,25,26). The van der Waals surface area contributed by atoms with Crippen molar-refractivity contribution in [1.29, 1.82) is 0 Å². The second-order valence-electron chi connectivity index (χ2n) is 6.71. The van der Waals surface area contributed by atoms with E-state index in [9.17, 15) is 14.4 Å². The lowest BCUT2D eigenvalue weighted by Gasteiger charge is -2.07. The molecule has 0 bridgehead atoms. The van der Waals surface area contributed by atoms with Crippen LogP contribution in [0.5, 0.6) is 5.75 Å². The molecule has 0 atom stereocenters. The van der Waals surface area contributed by atoms with Gasteiger partial charge < -0.3 is 20.1 Å². The van der Waals surface area contributed by atoms with E-state index >= 15 is 0 Å². The van der Waals surface area contributed by atoms with Crippen molar-refractivity contribution < 1.29 is 23.9 Å². The van der Waals surface area contributed by atoms with Crippen LogP contribution in [-0.4, -0.2) is 32.0 Å². The smallest absolute Gasteiger partial charge is 0.341 e. The van der Waals surface area contributed by atoms with E-state index in [0.717, 1.165) is 16.9 Å². The molecule has 1 aromatic heterocycles. The average Bonchev–Trinajstić information content (AvgIpc) is 3.10. The summed E-state index contributed by atoms with van der Waals surface area (Å²) in [6, 6.07) is 14.0. The number of hydrogen-bond donors (Lipinski definition) is 2. The van der Waals surface area contributed by atoms with E-state index in [2.05, 4.69) is 10.6 Å². The molecule has 0 fully saturated rings. The van der Waals surface area contributed by atoms with Gasteiger partial charge in [-0.1, -0.05) is 24.3 Å². The molecule has 2 amide bonds.